The lowest BCUT2D eigenvalue weighted by Crippen LogP contribution is -2.40. The molecule has 9 heteroatoms. The van der Waals surface area contributed by atoms with Crippen LogP contribution in [0.15, 0.2) is 36.5 Å². The molecule has 0 aliphatic carbocycles. The number of ether oxygens (including phenoxy) is 1. The summed E-state index contributed by atoms with van der Waals surface area (Å²) >= 11 is 0. The molecule has 2 amide bonds. The number of para-hydroxylation sites is 1. The van der Waals surface area contributed by atoms with Gasteiger partial charge in [-0.1, -0.05) is 12.1 Å². The Morgan fingerprint density at radius 2 is 1.97 bits per heavy atom. The van der Waals surface area contributed by atoms with E-state index in [1.54, 1.807) is 35.4 Å². The molecule has 0 radical (unpaired) electrons. The average molecular weight is 422 g/mol. The number of fused-ring (bicyclic) bond motifs is 1. The van der Waals surface area contributed by atoms with Crippen molar-refractivity contribution in [1.82, 2.24) is 19.6 Å². The second-order valence-electron chi connectivity index (χ2n) is 7.81. The van der Waals surface area contributed by atoms with Gasteiger partial charge >= 0.3 is 0 Å². The lowest BCUT2D eigenvalue weighted by molar-refractivity contribution is -0.120. The van der Waals surface area contributed by atoms with Gasteiger partial charge in [0.1, 0.15) is 11.6 Å². The maximum Gasteiger partial charge on any atom is 0.266 e. The van der Waals surface area contributed by atoms with Crippen LogP contribution in [0.3, 0.4) is 0 Å². The number of hydrogen-bond acceptors (Lipinski definition) is 5. The standard InChI is InChI=1S/C22H26N6O3/c1-14(2)28-17(9-10-24-28)20-15(3)25-27-12-6-11-26(22(20)27)19(29)13-31-18-8-5-4-7-16(18)21(23)30/h4-5,7-10,14H,6,11-13H2,1-3H3,(H2,23,30). The molecule has 1 aliphatic rings. The molecular weight excluding hydrogens is 396 g/mol. The fourth-order valence-corrected chi connectivity index (χ4v) is 3.96. The first kappa shape index (κ1) is 20.6. The number of benzene rings is 1. The van der Waals surface area contributed by atoms with Gasteiger partial charge in [-0.3, -0.25) is 19.2 Å². The van der Waals surface area contributed by atoms with Crippen molar-refractivity contribution in [3.63, 3.8) is 0 Å². The fourth-order valence-electron chi connectivity index (χ4n) is 3.96. The quantitative estimate of drug-likeness (QED) is 0.657. The number of carbonyl (C=O) groups is 2. The van der Waals surface area contributed by atoms with Crippen molar-refractivity contribution in [1.29, 1.82) is 0 Å². The summed E-state index contributed by atoms with van der Waals surface area (Å²) in [6.07, 6.45) is 2.55. The van der Waals surface area contributed by atoms with Gasteiger partial charge in [0.05, 0.1) is 22.5 Å². The van der Waals surface area contributed by atoms with E-state index in [9.17, 15) is 9.59 Å². The van der Waals surface area contributed by atoms with Gasteiger partial charge in [-0.25, -0.2) is 4.68 Å². The van der Waals surface area contributed by atoms with Crippen LogP contribution in [0.2, 0.25) is 0 Å². The molecule has 31 heavy (non-hydrogen) atoms. The second-order valence-corrected chi connectivity index (χ2v) is 7.81. The summed E-state index contributed by atoms with van der Waals surface area (Å²) in [6, 6.07) is 8.75. The highest BCUT2D eigenvalue weighted by atomic mass is 16.5. The van der Waals surface area contributed by atoms with Crippen LogP contribution >= 0.6 is 0 Å². The van der Waals surface area contributed by atoms with Crippen LogP contribution in [0.4, 0.5) is 5.82 Å². The van der Waals surface area contributed by atoms with Gasteiger partial charge in [-0.05, 0) is 45.4 Å². The molecule has 1 aliphatic heterocycles. The molecular formula is C22H26N6O3. The van der Waals surface area contributed by atoms with Crippen molar-refractivity contribution in [2.75, 3.05) is 18.1 Å². The number of rotatable bonds is 6. The third-order valence-electron chi connectivity index (χ3n) is 5.33. The van der Waals surface area contributed by atoms with E-state index in [1.165, 1.54) is 0 Å². The minimum absolute atomic E-state index is 0.168. The molecule has 0 spiro atoms. The Morgan fingerprint density at radius 3 is 2.71 bits per heavy atom. The molecule has 0 fully saturated rings. The predicted molar refractivity (Wildman–Crippen MR) is 116 cm³/mol. The third kappa shape index (κ3) is 3.78. The van der Waals surface area contributed by atoms with Gasteiger partial charge < -0.3 is 10.5 Å². The Hall–Kier alpha value is -3.62. The van der Waals surface area contributed by atoms with Crippen LogP contribution < -0.4 is 15.4 Å². The minimum Gasteiger partial charge on any atom is -0.483 e. The fraction of sp³-hybridized carbons (Fsp3) is 0.364. The normalized spacial score (nSPS) is 13.4. The van der Waals surface area contributed by atoms with E-state index in [2.05, 4.69) is 24.0 Å². The van der Waals surface area contributed by atoms with E-state index in [0.717, 1.165) is 35.7 Å². The number of nitrogens with zero attached hydrogens (tertiary/aromatic N) is 5. The molecule has 0 bridgehead atoms. The summed E-state index contributed by atoms with van der Waals surface area (Å²) in [5, 5.41) is 9.12. The van der Waals surface area contributed by atoms with Gasteiger partial charge in [0, 0.05) is 25.3 Å². The van der Waals surface area contributed by atoms with Crippen molar-refractivity contribution in [2.45, 2.75) is 39.8 Å². The van der Waals surface area contributed by atoms with Gasteiger partial charge in [0.15, 0.2) is 6.61 Å². The molecule has 4 rings (SSSR count). The highest BCUT2D eigenvalue weighted by molar-refractivity contribution is 5.98. The van der Waals surface area contributed by atoms with E-state index in [4.69, 9.17) is 10.5 Å². The summed E-state index contributed by atoms with van der Waals surface area (Å²) in [5.74, 6) is 0.238. The van der Waals surface area contributed by atoms with Gasteiger partial charge in [-0.15, -0.1) is 0 Å². The SMILES string of the molecule is Cc1nn2c(c1-c1ccnn1C(C)C)N(C(=O)COc1ccccc1C(N)=O)CCC2. The van der Waals surface area contributed by atoms with E-state index in [0.29, 0.717) is 12.3 Å². The summed E-state index contributed by atoms with van der Waals surface area (Å²) < 4.78 is 9.50. The first-order valence-corrected chi connectivity index (χ1v) is 10.3. The Kier molecular flexibility index (Phi) is 5.50. The molecule has 9 nitrogen and oxygen atoms in total. The van der Waals surface area contributed by atoms with Crippen molar-refractivity contribution < 1.29 is 14.3 Å². The van der Waals surface area contributed by atoms with Crippen molar-refractivity contribution >= 4 is 17.6 Å². The Morgan fingerprint density at radius 1 is 1.19 bits per heavy atom. The average Bonchev–Trinajstić information content (AvgIpc) is 3.35. The van der Waals surface area contributed by atoms with Gasteiger partial charge in [-0.2, -0.15) is 10.2 Å². The lowest BCUT2D eigenvalue weighted by atomic mass is 10.1. The van der Waals surface area contributed by atoms with E-state index >= 15 is 0 Å². The molecule has 2 aromatic heterocycles. The Balaban J connectivity index is 1.65. The van der Waals surface area contributed by atoms with Crippen molar-refractivity contribution in [3.8, 4) is 17.0 Å². The highest BCUT2D eigenvalue weighted by Gasteiger charge is 2.31. The number of aryl methyl sites for hydroxylation is 2. The van der Waals surface area contributed by atoms with Gasteiger partial charge in [0.2, 0.25) is 0 Å². The molecule has 1 aromatic carbocycles. The van der Waals surface area contributed by atoms with Crippen LogP contribution in [0, 0.1) is 6.92 Å². The molecule has 0 saturated carbocycles. The van der Waals surface area contributed by atoms with Crippen LogP contribution in [-0.4, -0.2) is 44.5 Å². The van der Waals surface area contributed by atoms with Crippen LogP contribution in [0.1, 0.15) is 42.4 Å². The third-order valence-corrected chi connectivity index (χ3v) is 5.33. The molecule has 3 heterocycles. The second kappa shape index (κ2) is 8.25. The predicted octanol–water partition coefficient (Wildman–Crippen LogP) is 2.55. The van der Waals surface area contributed by atoms with Crippen LogP contribution in [0.25, 0.3) is 11.3 Å². The maximum absolute atomic E-state index is 13.2. The number of primary amides is 1. The van der Waals surface area contributed by atoms with E-state index in [-0.39, 0.29) is 24.1 Å². The number of carbonyl (C=O) groups excluding carboxylic acids is 2. The highest BCUT2D eigenvalue weighted by Crippen LogP contribution is 2.37. The first-order valence-electron chi connectivity index (χ1n) is 10.3. The maximum atomic E-state index is 13.2. The van der Waals surface area contributed by atoms with E-state index in [1.807, 2.05) is 22.4 Å². The summed E-state index contributed by atoms with van der Waals surface area (Å²) in [4.78, 5) is 26.5. The van der Waals surface area contributed by atoms with Gasteiger partial charge in [0.25, 0.3) is 11.8 Å². The topological polar surface area (TPSA) is 108 Å². The minimum atomic E-state index is -0.598. The largest absolute Gasteiger partial charge is 0.483 e. The number of aromatic nitrogens is 4. The number of nitrogens with two attached hydrogens (primary N) is 1. The summed E-state index contributed by atoms with van der Waals surface area (Å²) in [6.45, 7) is 7.16. The summed E-state index contributed by atoms with van der Waals surface area (Å²) in [7, 11) is 0. The summed E-state index contributed by atoms with van der Waals surface area (Å²) in [5.41, 5.74) is 8.32. The zero-order chi connectivity index (χ0) is 22.1. The number of amides is 2. The lowest BCUT2D eigenvalue weighted by Gasteiger charge is -2.29. The van der Waals surface area contributed by atoms with E-state index < -0.39 is 5.91 Å². The smallest absolute Gasteiger partial charge is 0.266 e. The number of anilines is 1. The molecule has 0 saturated heterocycles. The van der Waals surface area contributed by atoms with Crippen molar-refractivity contribution in [3.05, 3.63) is 47.8 Å². The zero-order valence-corrected chi connectivity index (χ0v) is 17.9. The monoisotopic (exact) mass is 422 g/mol. The Bertz CT molecular complexity index is 1130. The van der Waals surface area contributed by atoms with Crippen LogP contribution in [-0.2, 0) is 11.3 Å². The zero-order valence-electron chi connectivity index (χ0n) is 17.9. The Labute approximate surface area is 180 Å². The first-order chi connectivity index (χ1) is 14.9. The molecule has 2 N–H and O–H groups in total. The van der Waals surface area contributed by atoms with Crippen molar-refractivity contribution in [2.24, 2.45) is 5.73 Å². The molecule has 162 valence electrons. The molecule has 0 unspecified atom stereocenters. The molecule has 0 atom stereocenters. The number of hydrogen-bond donors (Lipinski definition) is 1. The molecule has 3 aromatic rings. The van der Waals surface area contributed by atoms with Crippen LogP contribution in [0.5, 0.6) is 5.75 Å².